The minimum absolute atomic E-state index is 0.0696. The molecule has 0 spiro atoms. The first-order chi connectivity index (χ1) is 15.8. The number of likely N-dealkylation sites (tertiary alicyclic amines) is 1. The van der Waals surface area contributed by atoms with Crippen molar-refractivity contribution in [3.8, 4) is 11.4 Å². The van der Waals surface area contributed by atoms with Gasteiger partial charge in [-0.2, -0.15) is 0 Å². The molecule has 0 saturated carbocycles. The molecule has 3 atom stereocenters. The minimum atomic E-state index is -0.393. The predicted molar refractivity (Wildman–Crippen MR) is 134 cm³/mol. The van der Waals surface area contributed by atoms with E-state index < -0.39 is 5.25 Å². The monoisotopic (exact) mass is 485 g/mol. The minimum Gasteiger partial charge on any atom is -0.495 e. The number of methoxy groups -OCH3 is 1. The van der Waals surface area contributed by atoms with Gasteiger partial charge in [-0.05, 0) is 55.5 Å². The second-order valence-electron chi connectivity index (χ2n) is 8.82. The van der Waals surface area contributed by atoms with Crippen LogP contribution in [0.3, 0.4) is 0 Å². The molecule has 2 aromatic carbocycles. The molecule has 8 heteroatoms. The van der Waals surface area contributed by atoms with Crippen LogP contribution in [0.4, 0.5) is 0 Å². The molecular formula is C25H28ClN3O3S. The highest BCUT2D eigenvalue weighted by atomic mass is 35.5. The number of aromatic nitrogens is 2. The summed E-state index contributed by atoms with van der Waals surface area (Å²) in [5.74, 6) is 1.55. The Labute approximate surface area is 202 Å². The number of ether oxygens (including phenoxy) is 1. The zero-order chi connectivity index (χ0) is 23.7. The summed E-state index contributed by atoms with van der Waals surface area (Å²) < 4.78 is 6.79. The van der Waals surface area contributed by atoms with E-state index in [4.69, 9.17) is 21.3 Å². The van der Waals surface area contributed by atoms with Crippen molar-refractivity contribution in [1.82, 2.24) is 14.5 Å². The third-order valence-electron chi connectivity index (χ3n) is 5.95. The molecule has 1 fully saturated rings. The first-order valence-electron chi connectivity index (χ1n) is 11.1. The first kappa shape index (κ1) is 23.6. The number of piperidine rings is 1. The number of rotatable bonds is 5. The molecule has 0 N–H and O–H groups in total. The van der Waals surface area contributed by atoms with Crippen molar-refractivity contribution in [1.29, 1.82) is 0 Å². The maximum Gasteiger partial charge on any atom is 0.266 e. The van der Waals surface area contributed by atoms with Crippen LogP contribution < -0.4 is 10.3 Å². The first-order valence-corrected chi connectivity index (χ1v) is 12.4. The van der Waals surface area contributed by atoms with Crippen LogP contribution in [-0.2, 0) is 4.79 Å². The Morgan fingerprint density at radius 2 is 1.88 bits per heavy atom. The molecule has 3 unspecified atom stereocenters. The Morgan fingerprint density at radius 1 is 1.18 bits per heavy atom. The van der Waals surface area contributed by atoms with E-state index in [-0.39, 0.29) is 11.5 Å². The number of benzene rings is 2. The lowest BCUT2D eigenvalue weighted by Crippen LogP contribution is -2.45. The van der Waals surface area contributed by atoms with Crippen molar-refractivity contribution in [2.24, 2.45) is 11.8 Å². The van der Waals surface area contributed by atoms with Gasteiger partial charge in [0.25, 0.3) is 5.56 Å². The van der Waals surface area contributed by atoms with Crippen molar-refractivity contribution in [3.63, 3.8) is 0 Å². The van der Waals surface area contributed by atoms with E-state index in [0.29, 0.717) is 44.4 Å². The van der Waals surface area contributed by atoms with Crippen LogP contribution in [0.2, 0.25) is 5.02 Å². The van der Waals surface area contributed by atoms with E-state index in [1.807, 2.05) is 30.0 Å². The van der Waals surface area contributed by atoms with Gasteiger partial charge in [0.1, 0.15) is 5.75 Å². The van der Waals surface area contributed by atoms with Gasteiger partial charge in [-0.1, -0.05) is 49.3 Å². The number of thioether (sulfide) groups is 1. The van der Waals surface area contributed by atoms with Crippen molar-refractivity contribution in [2.45, 2.75) is 37.6 Å². The summed E-state index contributed by atoms with van der Waals surface area (Å²) in [4.78, 5) is 33.5. The zero-order valence-corrected chi connectivity index (χ0v) is 20.8. The van der Waals surface area contributed by atoms with Gasteiger partial charge in [-0.15, -0.1) is 0 Å². The summed E-state index contributed by atoms with van der Waals surface area (Å²) in [6, 6.07) is 12.4. The van der Waals surface area contributed by atoms with Crippen LogP contribution in [-0.4, -0.2) is 45.8 Å². The zero-order valence-electron chi connectivity index (χ0n) is 19.2. The van der Waals surface area contributed by atoms with E-state index >= 15 is 0 Å². The Bertz CT molecular complexity index is 1240. The predicted octanol–water partition coefficient (Wildman–Crippen LogP) is 5.03. The van der Waals surface area contributed by atoms with E-state index in [1.165, 1.54) is 16.3 Å². The molecule has 0 aliphatic carbocycles. The summed E-state index contributed by atoms with van der Waals surface area (Å²) in [6.07, 6.45) is 1.13. The maximum absolute atomic E-state index is 13.5. The molecule has 33 heavy (non-hydrogen) atoms. The number of hydrogen-bond acceptors (Lipinski definition) is 5. The molecule has 0 bridgehead atoms. The lowest BCUT2D eigenvalue weighted by Gasteiger charge is -2.36. The van der Waals surface area contributed by atoms with Gasteiger partial charge in [-0.3, -0.25) is 14.2 Å². The Morgan fingerprint density at radius 3 is 2.55 bits per heavy atom. The van der Waals surface area contributed by atoms with Crippen LogP contribution in [0, 0.1) is 11.8 Å². The normalized spacial score (nSPS) is 19.5. The van der Waals surface area contributed by atoms with E-state index in [1.54, 1.807) is 31.4 Å². The van der Waals surface area contributed by atoms with Crippen LogP contribution in [0.25, 0.3) is 16.6 Å². The number of para-hydroxylation sites is 1. The van der Waals surface area contributed by atoms with Crippen molar-refractivity contribution in [2.75, 3.05) is 20.2 Å². The van der Waals surface area contributed by atoms with E-state index in [0.717, 1.165) is 19.5 Å². The summed E-state index contributed by atoms with van der Waals surface area (Å²) in [5.41, 5.74) is 0.969. The van der Waals surface area contributed by atoms with Gasteiger partial charge < -0.3 is 9.64 Å². The van der Waals surface area contributed by atoms with Gasteiger partial charge in [0.05, 0.1) is 34.0 Å². The van der Waals surface area contributed by atoms with E-state index in [2.05, 4.69) is 13.8 Å². The second kappa shape index (κ2) is 9.77. The average molecular weight is 486 g/mol. The van der Waals surface area contributed by atoms with Gasteiger partial charge in [0.15, 0.2) is 5.16 Å². The molecule has 1 aromatic heterocycles. The Balaban J connectivity index is 1.75. The lowest BCUT2D eigenvalue weighted by atomic mass is 9.92. The van der Waals surface area contributed by atoms with Crippen molar-refractivity contribution < 1.29 is 9.53 Å². The number of amides is 1. The van der Waals surface area contributed by atoms with Crippen molar-refractivity contribution >= 4 is 40.2 Å². The van der Waals surface area contributed by atoms with Crippen LogP contribution >= 0.6 is 23.4 Å². The number of carbonyl (C=O) groups excluding carboxylic acids is 1. The molecule has 174 valence electrons. The number of halogens is 1. The summed E-state index contributed by atoms with van der Waals surface area (Å²) in [5, 5.41) is 0.965. The second-order valence-corrected chi connectivity index (χ2v) is 10.5. The lowest BCUT2D eigenvalue weighted by molar-refractivity contribution is -0.132. The Kier molecular flexibility index (Phi) is 7.00. The molecule has 3 aromatic rings. The molecular weight excluding hydrogens is 458 g/mol. The number of fused-ring (bicyclic) bond motifs is 1. The van der Waals surface area contributed by atoms with E-state index in [9.17, 15) is 9.59 Å². The average Bonchev–Trinajstić information content (AvgIpc) is 2.78. The molecule has 6 nitrogen and oxygen atoms in total. The van der Waals surface area contributed by atoms with Crippen LogP contribution in [0.1, 0.15) is 27.2 Å². The molecule has 4 rings (SSSR count). The third-order valence-corrected chi connectivity index (χ3v) is 7.28. The summed E-state index contributed by atoms with van der Waals surface area (Å²) in [7, 11) is 1.54. The quantitative estimate of drug-likeness (QED) is 0.374. The molecule has 1 amide bonds. The van der Waals surface area contributed by atoms with Crippen LogP contribution in [0.5, 0.6) is 5.75 Å². The fraction of sp³-hybridized carbons (Fsp3) is 0.400. The number of carbonyl (C=O) groups is 1. The largest absolute Gasteiger partial charge is 0.495 e. The number of nitrogens with zero attached hydrogens (tertiary/aromatic N) is 3. The highest BCUT2D eigenvalue weighted by molar-refractivity contribution is 8.00. The van der Waals surface area contributed by atoms with Crippen LogP contribution in [0.15, 0.2) is 52.4 Å². The molecule has 2 heterocycles. The fourth-order valence-electron chi connectivity index (χ4n) is 4.52. The smallest absolute Gasteiger partial charge is 0.266 e. The molecule has 0 radical (unpaired) electrons. The van der Waals surface area contributed by atoms with Gasteiger partial charge in [0, 0.05) is 13.1 Å². The third kappa shape index (κ3) is 4.89. The Hall–Kier alpha value is -2.51. The fourth-order valence-corrected chi connectivity index (χ4v) is 5.78. The van der Waals surface area contributed by atoms with Gasteiger partial charge in [-0.25, -0.2) is 4.98 Å². The van der Waals surface area contributed by atoms with Gasteiger partial charge in [0.2, 0.25) is 5.91 Å². The summed E-state index contributed by atoms with van der Waals surface area (Å²) >= 11 is 7.66. The number of hydrogen-bond donors (Lipinski definition) is 0. The summed E-state index contributed by atoms with van der Waals surface area (Å²) in [6.45, 7) is 7.78. The van der Waals surface area contributed by atoms with Gasteiger partial charge >= 0.3 is 0 Å². The van der Waals surface area contributed by atoms with Crippen molar-refractivity contribution in [3.05, 3.63) is 57.8 Å². The highest BCUT2D eigenvalue weighted by Gasteiger charge is 2.30. The molecule has 1 aliphatic heterocycles. The SMILES string of the molecule is COc1ccc(-n2c(SC(C)C(=O)N3CC(C)CC(C)C3)nc3ccccc3c2=O)cc1Cl. The molecule has 1 saturated heterocycles. The molecule has 1 aliphatic rings. The highest BCUT2D eigenvalue weighted by Crippen LogP contribution is 2.31. The topological polar surface area (TPSA) is 64.4 Å². The maximum atomic E-state index is 13.5. The standard InChI is InChI=1S/C25H28ClN3O3S/c1-15-11-16(2)14-28(13-15)23(30)17(3)33-25-27-21-8-6-5-7-19(21)24(31)29(25)18-9-10-22(32-4)20(26)12-18/h5-10,12,15-17H,11,13-14H2,1-4H3.